The largest absolute Gasteiger partial charge is 0.338 e. The SMILES string of the molecule is Cc1nc(C)c(CCC(=O)N2CCC[C@@H]2Cn2ccnc2)c(=O)[nH]1. The van der Waals surface area contributed by atoms with Crippen LogP contribution >= 0.6 is 0 Å². The molecule has 1 amide bonds. The Morgan fingerprint density at radius 3 is 2.96 bits per heavy atom. The van der Waals surface area contributed by atoms with E-state index in [0.29, 0.717) is 29.9 Å². The molecule has 0 spiro atoms. The van der Waals surface area contributed by atoms with Gasteiger partial charge in [0.1, 0.15) is 5.82 Å². The molecule has 0 bridgehead atoms. The molecule has 7 nitrogen and oxygen atoms in total. The highest BCUT2D eigenvalue weighted by molar-refractivity contribution is 5.77. The van der Waals surface area contributed by atoms with Crippen molar-refractivity contribution in [2.45, 2.75) is 52.1 Å². The van der Waals surface area contributed by atoms with Crippen molar-refractivity contribution in [1.29, 1.82) is 0 Å². The predicted octanol–water partition coefficient (Wildman–Crippen LogP) is 1.21. The number of hydrogen-bond acceptors (Lipinski definition) is 4. The summed E-state index contributed by atoms with van der Waals surface area (Å²) in [6.07, 6.45) is 8.26. The van der Waals surface area contributed by atoms with Gasteiger partial charge in [-0.25, -0.2) is 9.97 Å². The van der Waals surface area contributed by atoms with Crippen LogP contribution in [0.4, 0.5) is 0 Å². The summed E-state index contributed by atoms with van der Waals surface area (Å²) in [5.41, 5.74) is 1.18. The molecular formula is C17H23N5O2. The highest BCUT2D eigenvalue weighted by atomic mass is 16.2. The minimum atomic E-state index is -0.135. The Kier molecular flexibility index (Phi) is 4.78. The van der Waals surface area contributed by atoms with Gasteiger partial charge in [-0.3, -0.25) is 9.59 Å². The first kappa shape index (κ1) is 16.4. The highest BCUT2D eigenvalue weighted by Crippen LogP contribution is 2.20. The van der Waals surface area contributed by atoms with Gasteiger partial charge in [0.25, 0.3) is 5.56 Å². The Morgan fingerprint density at radius 1 is 1.42 bits per heavy atom. The molecule has 0 saturated carbocycles. The third-order valence-electron chi connectivity index (χ3n) is 4.61. The number of nitrogens with one attached hydrogen (secondary N) is 1. The van der Waals surface area contributed by atoms with E-state index in [-0.39, 0.29) is 17.5 Å². The first-order chi connectivity index (χ1) is 11.5. The van der Waals surface area contributed by atoms with Crippen LogP contribution in [0.1, 0.15) is 36.3 Å². The van der Waals surface area contributed by atoms with E-state index in [0.717, 1.165) is 25.9 Å². The maximum absolute atomic E-state index is 12.6. The number of aromatic amines is 1. The zero-order valence-corrected chi connectivity index (χ0v) is 14.2. The number of aryl methyl sites for hydroxylation is 2. The number of imidazole rings is 1. The molecule has 3 heterocycles. The zero-order chi connectivity index (χ0) is 17.1. The number of carbonyl (C=O) groups is 1. The molecule has 0 aliphatic carbocycles. The number of amides is 1. The second kappa shape index (κ2) is 6.98. The summed E-state index contributed by atoms with van der Waals surface area (Å²) >= 11 is 0. The Morgan fingerprint density at radius 2 is 2.25 bits per heavy atom. The lowest BCUT2D eigenvalue weighted by molar-refractivity contribution is -0.132. The molecule has 0 aromatic carbocycles. The molecule has 128 valence electrons. The van der Waals surface area contributed by atoms with Crippen LogP contribution in [0.3, 0.4) is 0 Å². The van der Waals surface area contributed by atoms with Gasteiger partial charge >= 0.3 is 0 Å². The maximum Gasteiger partial charge on any atom is 0.254 e. The van der Waals surface area contributed by atoms with E-state index in [9.17, 15) is 9.59 Å². The monoisotopic (exact) mass is 329 g/mol. The van der Waals surface area contributed by atoms with Gasteiger partial charge < -0.3 is 14.5 Å². The molecule has 1 aliphatic rings. The van der Waals surface area contributed by atoms with Crippen molar-refractivity contribution >= 4 is 5.91 Å². The van der Waals surface area contributed by atoms with Crippen LogP contribution in [0.2, 0.25) is 0 Å². The molecule has 24 heavy (non-hydrogen) atoms. The van der Waals surface area contributed by atoms with E-state index in [4.69, 9.17) is 0 Å². The fourth-order valence-electron chi connectivity index (χ4n) is 3.41. The van der Waals surface area contributed by atoms with E-state index >= 15 is 0 Å². The molecule has 1 atom stereocenters. The first-order valence-electron chi connectivity index (χ1n) is 8.36. The van der Waals surface area contributed by atoms with Crippen molar-refractivity contribution in [3.05, 3.63) is 46.2 Å². The van der Waals surface area contributed by atoms with Crippen LogP contribution in [-0.4, -0.2) is 42.9 Å². The fourth-order valence-corrected chi connectivity index (χ4v) is 3.41. The summed E-state index contributed by atoms with van der Waals surface area (Å²) in [6.45, 7) is 5.14. The second-order valence-corrected chi connectivity index (χ2v) is 6.36. The predicted molar refractivity (Wildman–Crippen MR) is 89.6 cm³/mol. The Hall–Kier alpha value is -2.44. The number of rotatable bonds is 5. The van der Waals surface area contributed by atoms with Crippen LogP contribution in [0.15, 0.2) is 23.5 Å². The summed E-state index contributed by atoms with van der Waals surface area (Å²) < 4.78 is 2.01. The third kappa shape index (κ3) is 3.55. The van der Waals surface area contributed by atoms with Crippen LogP contribution in [0.5, 0.6) is 0 Å². The number of likely N-dealkylation sites (tertiary alicyclic amines) is 1. The smallest absolute Gasteiger partial charge is 0.254 e. The van der Waals surface area contributed by atoms with Crippen molar-refractivity contribution in [2.24, 2.45) is 0 Å². The normalized spacial score (nSPS) is 17.4. The molecule has 1 aliphatic heterocycles. The lowest BCUT2D eigenvalue weighted by Gasteiger charge is -2.25. The van der Waals surface area contributed by atoms with Crippen molar-refractivity contribution in [2.75, 3.05) is 6.54 Å². The minimum Gasteiger partial charge on any atom is -0.338 e. The molecular weight excluding hydrogens is 306 g/mol. The summed E-state index contributed by atoms with van der Waals surface area (Å²) in [4.78, 5) is 37.6. The van der Waals surface area contributed by atoms with Crippen molar-refractivity contribution in [1.82, 2.24) is 24.4 Å². The van der Waals surface area contributed by atoms with Crippen molar-refractivity contribution < 1.29 is 4.79 Å². The standard InChI is InChI=1S/C17H23N5O2/c1-12-15(17(24)20-13(2)19-12)5-6-16(23)22-8-3-4-14(22)10-21-9-7-18-11-21/h7,9,11,14H,3-6,8,10H2,1-2H3,(H,19,20,24)/t14-/m1/s1. The van der Waals surface area contributed by atoms with E-state index in [1.807, 2.05) is 22.6 Å². The van der Waals surface area contributed by atoms with Crippen molar-refractivity contribution in [3.8, 4) is 0 Å². The molecule has 1 N–H and O–H groups in total. The number of carbonyl (C=O) groups excluding carboxylic acids is 1. The van der Waals surface area contributed by atoms with Crippen LogP contribution in [0.25, 0.3) is 0 Å². The molecule has 1 fully saturated rings. The molecule has 1 saturated heterocycles. The zero-order valence-electron chi connectivity index (χ0n) is 14.2. The number of nitrogens with zero attached hydrogens (tertiary/aromatic N) is 4. The van der Waals surface area contributed by atoms with Gasteiger partial charge in [0.15, 0.2) is 0 Å². The Labute approximate surface area is 140 Å². The molecule has 2 aromatic rings. The molecule has 0 unspecified atom stereocenters. The maximum atomic E-state index is 12.6. The van der Waals surface area contributed by atoms with Gasteiger partial charge in [0, 0.05) is 49.2 Å². The summed E-state index contributed by atoms with van der Waals surface area (Å²) in [5.74, 6) is 0.713. The fraction of sp³-hybridized carbons (Fsp3) is 0.529. The van der Waals surface area contributed by atoms with E-state index in [1.165, 1.54) is 0 Å². The van der Waals surface area contributed by atoms with Gasteiger partial charge in [-0.1, -0.05) is 0 Å². The second-order valence-electron chi connectivity index (χ2n) is 6.36. The molecule has 7 heteroatoms. The molecule has 0 radical (unpaired) electrons. The number of H-pyrrole nitrogens is 1. The van der Waals surface area contributed by atoms with Crippen LogP contribution in [-0.2, 0) is 17.8 Å². The highest BCUT2D eigenvalue weighted by Gasteiger charge is 2.28. The molecule has 3 rings (SSSR count). The van der Waals surface area contributed by atoms with Gasteiger partial charge in [-0.2, -0.15) is 0 Å². The topological polar surface area (TPSA) is 83.9 Å². The van der Waals surface area contributed by atoms with E-state index in [2.05, 4.69) is 15.0 Å². The van der Waals surface area contributed by atoms with Gasteiger partial charge in [0.05, 0.1) is 6.33 Å². The van der Waals surface area contributed by atoms with E-state index < -0.39 is 0 Å². The number of hydrogen-bond donors (Lipinski definition) is 1. The third-order valence-corrected chi connectivity index (χ3v) is 4.61. The van der Waals surface area contributed by atoms with Gasteiger partial charge in [-0.15, -0.1) is 0 Å². The van der Waals surface area contributed by atoms with Gasteiger partial charge in [0.2, 0.25) is 5.91 Å². The Balaban J connectivity index is 1.63. The summed E-state index contributed by atoms with van der Waals surface area (Å²) in [7, 11) is 0. The Bertz CT molecular complexity index is 766. The van der Waals surface area contributed by atoms with Crippen LogP contribution in [0, 0.1) is 13.8 Å². The average molecular weight is 329 g/mol. The van der Waals surface area contributed by atoms with Crippen molar-refractivity contribution in [3.63, 3.8) is 0 Å². The number of aromatic nitrogens is 4. The average Bonchev–Trinajstić information content (AvgIpc) is 3.18. The quantitative estimate of drug-likeness (QED) is 0.893. The summed E-state index contributed by atoms with van der Waals surface area (Å²) in [5, 5.41) is 0. The molecule has 2 aromatic heterocycles. The van der Waals surface area contributed by atoms with E-state index in [1.54, 1.807) is 19.4 Å². The minimum absolute atomic E-state index is 0.108. The lowest BCUT2D eigenvalue weighted by Crippen LogP contribution is -2.38. The van der Waals surface area contributed by atoms with Crippen LogP contribution < -0.4 is 5.56 Å². The van der Waals surface area contributed by atoms with Gasteiger partial charge in [-0.05, 0) is 33.1 Å². The first-order valence-corrected chi connectivity index (χ1v) is 8.36. The lowest BCUT2D eigenvalue weighted by atomic mass is 10.1. The summed E-state index contributed by atoms with van der Waals surface area (Å²) in [6, 6.07) is 0.210.